The minimum Gasteiger partial charge on any atom is -0.401 e. The van der Waals surface area contributed by atoms with Gasteiger partial charge in [-0.1, -0.05) is 30.1 Å². The molecule has 6 nitrogen and oxygen atoms in total. The monoisotopic (exact) mass is 296 g/mol. The van der Waals surface area contributed by atoms with E-state index in [4.69, 9.17) is 16.6 Å². The van der Waals surface area contributed by atoms with Gasteiger partial charge in [0.25, 0.3) is 5.91 Å². The Morgan fingerprint density at radius 2 is 2.26 bits per heavy atom. The highest BCUT2D eigenvalue weighted by Gasteiger charge is 2.27. The van der Waals surface area contributed by atoms with Crippen LogP contribution in [0, 0.1) is 10.1 Å². The lowest BCUT2D eigenvalue weighted by molar-refractivity contribution is -0.402. The Kier molecular flexibility index (Phi) is 3.82. The minimum absolute atomic E-state index is 0.162. The summed E-state index contributed by atoms with van der Waals surface area (Å²) in [6.07, 6.45) is 4.72. The smallest absolute Gasteiger partial charge is 0.401 e. The first kappa shape index (κ1) is 13.5. The first-order valence-electron chi connectivity index (χ1n) is 5.11. The molecule has 1 aromatic rings. The van der Waals surface area contributed by atoms with E-state index in [-0.39, 0.29) is 11.8 Å². The molecule has 0 saturated carbocycles. The second-order valence-corrected chi connectivity index (χ2v) is 5.23. The van der Waals surface area contributed by atoms with Crippen LogP contribution in [-0.4, -0.2) is 27.1 Å². The Morgan fingerprint density at radius 3 is 2.79 bits per heavy atom. The van der Waals surface area contributed by atoms with Gasteiger partial charge < -0.3 is 4.42 Å². The fourth-order valence-corrected chi connectivity index (χ4v) is 2.45. The molecule has 0 aromatic carbocycles. The molecule has 1 saturated heterocycles. The molecule has 0 bridgehead atoms. The highest BCUT2D eigenvalue weighted by atomic mass is 32.2. The van der Waals surface area contributed by atoms with E-state index in [9.17, 15) is 14.9 Å². The average Bonchev–Trinajstić information content (AvgIpc) is 2.92. The van der Waals surface area contributed by atoms with Gasteiger partial charge >= 0.3 is 5.88 Å². The van der Waals surface area contributed by atoms with E-state index in [1.807, 2.05) is 0 Å². The molecule has 0 N–H and O–H groups in total. The lowest BCUT2D eigenvalue weighted by atomic mass is 10.3. The molecule has 1 fully saturated rings. The number of allylic oxidation sites excluding steroid dienone is 2. The maximum absolute atomic E-state index is 11.7. The number of hydrogen-bond acceptors (Lipinski definition) is 6. The summed E-state index contributed by atoms with van der Waals surface area (Å²) in [5.41, 5.74) is 0. The molecule has 19 heavy (non-hydrogen) atoms. The van der Waals surface area contributed by atoms with E-state index in [0.717, 1.165) is 0 Å². The van der Waals surface area contributed by atoms with Crippen molar-refractivity contribution in [3.05, 3.63) is 45.1 Å². The van der Waals surface area contributed by atoms with Crippen LogP contribution >= 0.6 is 24.0 Å². The summed E-state index contributed by atoms with van der Waals surface area (Å²) in [4.78, 5) is 23.4. The number of nitro groups is 1. The molecule has 2 rings (SSSR count). The first-order valence-corrected chi connectivity index (χ1v) is 6.34. The van der Waals surface area contributed by atoms with Gasteiger partial charge in [-0.05, 0) is 18.2 Å². The first-order chi connectivity index (χ1) is 8.99. The fourth-order valence-electron chi connectivity index (χ4n) is 1.32. The van der Waals surface area contributed by atoms with Gasteiger partial charge in [0.15, 0.2) is 0 Å². The second-order valence-electron chi connectivity index (χ2n) is 3.56. The van der Waals surface area contributed by atoms with Crippen LogP contribution in [0.1, 0.15) is 5.76 Å². The summed E-state index contributed by atoms with van der Waals surface area (Å²) >= 11 is 6.19. The molecule has 98 valence electrons. The Balaban J connectivity index is 2.09. The predicted octanol–water partition coefficient (Wildman–Crippen LogP) is 2.58. The van der Waals surface area contributed by atoms with E-state index in [2.05, 4.69) is 0 Å². The molecule has 0 atom stereocenters. The van der Waals surface area contributed by atoms with Crippen LogP contribution < -0.4 is 0 Å². The predicted molar refractivity (Wildman–Crippen MR) is 75.4 cm³/mol. The minimum atomic E-state index is -0.612. The van der Waals surface area contributed by atoms with E-state index >= 15 is 0 Å². The third-order valence-corrected chi connectivity index (χ3v) is 3.79. The summed E-state index contributed by atoms with van der Waals surface area (Å²) in [5.74, 6) is -0.139. The molecule has 1 aliphatic heterocycles. The summed E-state index contributed by atoms with van der Waals surface area (Å²) in [6, 6.07) is 2.75. The summed E-state index contributed by atoms with van der Waals surface area (Å²) < 4.78 is 5.43. The van der Waals surface area contributed by atoms with Crippen molar-refractivity contribution in [2.45, 2.75) is 0 Å². The molecule has 0 unspecified atom stereocenters. The van der Waals surface area contributed by atoms with Crippen LogP contribution in [0.3, 0.4) is 0 Å². The van der Waals surface area contributed by atoms with E-state index in [0.29, 0.717) is 15.0 Å². The topological polar surface area (TPSA) is 76.6 Å². The lowest BCUT2D eigenvalue weighted by Crippen LogP contribution is -2.22. The highest BCUT2D eigenvalue weighted by Crippen LogP contribution is 2.29. The van der Waals surface area contributed by atoms with Crippen molar-refractivity contribution in [3.8, 4) is 0 Å². The summed E-state index contributed by atoms with van der Waals surface area (Å²) in [6.45, 7) is 0. The maximum atomic E-state index is 11.7. The average molecular weight is 296 g/mol. The van der Waals surface area contributed by atoms with Crippen molar-refractivity contribution in [1.82, 2.24) is 4.90 Å². The number of thiocarbonyl (C=S) groups is 1. The number of carbonyl (C=O) groups excluding carboxylic acids is 1. The number of amides is 1. The Hall–Kier alpha value is -1.93. The molecule has 0 aliphatic carbocycles. The zero-order chi connectivity index (χ0) is 14.0. The second kappa shape index (κ2) is 5.37. The standard InChI is InChI=1S/C11H8N2O4S2/c1-12-10(14)8(19-11(12)18)4-2-3-7-5-6-9(17-7)13(15)16/h2-6H,1H3/b3-2+,8-4+. The Morgan fingerprint density at radius 1 is 1.53 bits per heavy atom. The number of nitrogens with zero attached hydrogens (tertiary/aromatic N) is 2. The molecule has 0 spiro atoms. The lowest BCUT2D eigenvalue weighted by Gasteiger charge is -2.03. The van der Waals surface area contributed by atoms with Crippen LogP contribution in [0.4, 0.5) is 5.88 Å². The highest BCUT2D eigenvalue weighted by molar-refractivity contribution is 8.26. The molecule has 8 heteroatoms. The molecule has 0 radical (unpaired) electrons. The van der Waals surface area contributed by atoms with Gasteiger partial charge in [0.05, 0.1) is 11.0 Å². The molecule has 1 amide bonds. The molecule has 2 heterocycles. The molecule has 1 aliphatic rings. The van der Waals surface area contributed by atoms with Crippen LogP contribution in [0.2, 0.25) is 0 Å². The van der Waals surface area contributed by atoms with Gasteiger partial charge in [0.1, 0.15) is 15.0 Å². The zero-order valence-electron chi connectivity index (χ0n) is 9.73. The van der Waals surface area contributed by atoms with Gasteiger partial charge in [0, 0.05) is 7.05 Å². The van der Waals surface area contributed by atoms with Crippen LogP contribution in [-0.2, 0) is 4.79 Å². The third-order valence-electron chi connectivity index (χ3n) is 2.29. The van der Waals surface area contributed by atoms with Gasteiger partial charge in [0.2, 0.25) is 0 Å². The van der Waals surface area contributed by atoms with Crippen molar-refractivity contribution in [2.24, 2.45) is 0 Å². The van der Waals surface area contributed by atoms with Gasteiger partial charge in [-0.15, -0.1) is 0 Å². The van der Waals surface area contributed by atoms with Crippen molar-refractivity contribution < 1.29 is 14.1 Å². The Labute approximate surface area is 117 Å². The molecule has 1 aromatic heterocycles. The normalized spacial score (nSPS) is 17.9. The van der Waals surface area contributed by atoms with Crippen LogP contribution in [0.15, 0.2) is 33.6 Å². The van der Waals surface area contributed by atoms with Gasteiger partial charge in [-0.3, -0.25) is 19.8 Å². The number of likely N-dealkylation sites (N-methyl/N-ethyl adjacent to an activating group) is 1. The number of furan rings is 1. The van der Waals surface area contributed by atoms with Crippen LogP contribution in [0.5, 0.6) is 0 Å². The van der Waals surface area contributed by atoms with Crippen molar-refractivity contribution in [2.75, 3.05) is 7.05 Å². The van der Waals surface area contributed by atoms with Crippen molar-refractivity contribution in [3.63, 3.8) is 0 Å². The quantitative estimate of drug-likeness (QED) is 0.369. The van der Waals surface area contributed by atoms with Crippen molar-refractivity contribution >= 4 is 46.2 Å². The Bertz CT molecular complexity index is 618. The number of hydrogen-bond donors (Lipinski definition) is 0. The number of rotatable bonds is 3. The van der Waals surface area contributed by atoms with E-state index in [1.54, 1.807) is 19.2 Å². The summed E-state index contributed by atoms with van der Waals surface area (Å²) in [5, 5.41) is 10.4. The number of carbonyl (C=O) groups is 1. The van der Waals surface area contributed by atoms with E-state index in [1.165, 1.54) is 34.9 Å². The molecular formula is C11H8N2O4S2. The largest absolute Gasteiger partial charge is 0.433 e. The van der Waals surface area contributed by atoms with E-state index < -0.39 is 4.92 Å². The molecular weight excluding hydrogens is 288 g/mol. The van der Waals surface area contributed by atoms with Crippen molar-refractivity contribution in [1.29, 1.82) is 0 Å². The number of thioether (sulfide) groups is 1. The van der Waals surface area contributed by atoms with Gasteiger partial charge in [-0.2, -0.15) is 0 Å². The maximum Gasteiger partial charge on any atom is 0.433 e. The van der Waals surface area contributed by atoms with Crippen LogP contribution in [0.25, 0.3) is 6.08 Å². The third kappa shape index (κ3) is 2.91. The zero-order valence-corrected chi connectivity index (χ0v) is 11.4. The SMILES string of the molecule is CN1C(=O)/C(=C\C=C\c2ccc([N+](=O)[O-])o2)SC1=S. The van der Waals surface area contributed by atoms with Gasteiger partial charge in [-0.25, -0.2) is 0 Å². The summed E-state index contributed by atoms with van der Waals surface area (Å²) in [7, 11) is 1.61. The fraction of sp³-hybridized carbons (Fsp3) is 0.0909.